The van der Waals surface area contributed by atoms with Crippen molar-refractivity contribution in [2.45, 2.75) is 12.7 Å². The summed E-state index contributed by atoms with van der Waals surface area (Å²) in [6.45, 7) is 0.684. The summed E-state index contributed by atoms with van der Waals surface area (Å²) < 4.78 is 48.8. The molecule has 1 atom stereocenters. The van der Waals surface area contributed by atoms with Gasteiger partial charge in [-0.3, -0.25) is 9.78 Å². The van der Waals surface area contributed by atoms with Crippen molar-refractivity contribution in [2.75, 3.05) is 30.4 Å². The van der Waals surface area contributed by atoms with Crippen molar-refractivity contribution < 1.29 is 27.1 Å². The molecule has 0 aliphatic carbocycles. The van der Waals surface area contributed by atoms with Gasteiger partial charge in [0.15, 0.2) is 11.6 Å². The molecule has 1 unspecified atom stereocenters. The molecule has 0 radical (unpaired) electrons. The van der Waals surface area contributed by atoms with Gasteiger partial charge >= 0.3 is 0 Å². The molecule has 0 saturated heterocycles. The Labute approximate surface area is 230 Å². The second-order valence-corrected chi connectivity index (χ2v) is 11.5. The Morgan fingerprint density at radius 3 is 2.67 bits per heavy atom. The van der Waals surface area contributed by atoms with Crippen LogP contribution in [0.1, 0.15) is 17.4 Å². The molecule has 40 heavy (non-hydrogen) atoms. The van der Waals surface area contributed by atoms with Crippen molar-refractivity contribution in [2.24, 2.45) is 0 Å². The molecule has 206 valence electrons. The van der Waals surface area contributed by atoms with E-state index in [-0.39, 0.29) is 37.0 Å². The van der Waals surface area contributed by atoms with Crippen molar-refractivity contribution >= 4 is 38.0 Å². The van der Waals surface area contributed by atoms with E-state index in [2.05, 4.69) is 25.6 Å². The summed E-state index contributed by atoms with van der Waals surface area (Å²) in [6, 6.07) is 15.7. The van der Waals surface area contributed by atoms with Gasteiger partial charge in [0, 0.05) is 36.0 Å². The third-order valence-electron chi connectivity index (χ3n) is 6.02. The summed E-state index contributed by atoms with van der Waals surface area (Å²) in [5, 5.41) is 6.62. The van der Waals surface area contributed by atoms with Gasteiger partial charge in [-0.15, -0.1) is 0 Å². The van der Waals surface area contributed by atoms with Crippen molar-refractivity contribution in [3.8, 4) is 5.75 Å². The number of sulfone groups is 1. The summed E-state index contributed by atoms with van der Waals surface area (Å²) in [5.74, 6) is 0.0683. The number of carbonyl (C=O) groups excluding carboxylic acids is 1. The molecule has 2 aromatic carbocycles. The minimum atomic E-state index is -3.09. The molecule has 12 heteroatoms. The van der Waals surface area contributed by atoms with Crippen LogP contribution < -0.4 is 15.4 Å². The van der Waals surface area contributed by atoms with E-state index in [1.807, 2.05) is 30.3 Å². The van der Waals surface area contributed by atoms with E-state index in [0.717, 1.165) is 11.8 Å². The van der Waals surface area contributed by atoms with E-state index < -0.39 is 21.8 Å². The Kier molecular flexibility index (Phi) is 7.99. The largest absolute Gasteiger partial charge is 0.486 e. The Hall–Kier alpha value is -4.42. The number of ether oxygens (including phenoxy) is 2. The van der Waals surface area contributed by atoms with Gasteiger partial charge < -0.3 is 20.1 Å². The molecule has 3 heterocycles. The zero-order chi connectivity index (χ0) is 28.1. The number of pyridine rings is 1. The topological polar surface area (TPSA) is 132 Å². The van der Waals surface area contributed by atoms with E-state index >= 15 is 0 Å². The number of ketones is 1. The minimum Gasteiger partial charge on any atom is -0.486 e. The SMILES string of the molecule is CS(=O)(=O)CCNCC1=CC(=O)C(c2cc3c(Nc4ccc(OCc5ccccc5)c(F)c4)ncnc3cn2)O1. The average molecular weight is 564 g/mol. The van der Waals surface area contributed by atoms with Crippen LogP contribution in [0.5, 0.6) is 5.75 Å². The first-order chi connectivity index (χ1) is 19.2. The number of fused-ring (bicyclic) bond motifs is 1. The molecular weight excluding hydrogens is 537 g/mol. The number of rotatable bonds is 11. The standard InChI is InChI=1S/C28H26FN5O5S/c1-40(36,37)10-9-30-14-20-12-25(35)27(39-20)23-13-21-24(15-31-23)32-17-33-28(21)34-19-7-8-26(22(29)11-19)38-16-18-5-3-2-4-6-18/h2-8,11-13,15,17,27,30H,9-10,14,16H2,1H3,(H,32,33,34). The van der Waals surface area contributed by atoms with Crippen molar-refractivity contribution in [3.05, 3.63) is 96.0 Å². The maximum atomic E-state index is 14.8. The predicted octanol–water partition coefficient (Wildman–Crippen LogP) is 3.65. The first-order valence-electron chi connectivity index (χ1n) is 12.4. The highest BCUT2D eigenvalue weighted by molar-refractivity contribution is 7.90. The minimum absolute atomic E-state index is 0.0208. The highest BCUT2D eigenvalue weighted by atomic mass is 32.2. The molecule has 10 nitrogen and oxygen atoms in total. The van der Waals surface area contributed by atoms with Crippen LogP contribution >= 0.6 is 0 Å². The third kappa shape index (κ3) is 6.77. The summed E-state index contributed by atoms with van der Waals surface area (Å²) in [4.78, 5) is 25.5. The number of nitrogens with one attached hydrogen (secondary N) is 2. The second-order valence-electron chi connectivity index (χ2n) is 9.21. The molecule has 2 N–H and O–H groups in total. The van der Waals surface area contributed by atoms with E-state index in [1.165, 1.54) is 24.7 Å². The van der Waals surface area contributed by atoms with E-state index in [1.54, 1.807) is 18.2 Å². The lowest BCUT2D eigenvalue weighted by Gasteiger charge is -2.14. The maximum absolute atomic E-state index is 14.8. The van der Waals surface area contributed by atoms with Crippen LogP contribution in [-0.2, 0) is 26.0 Å². The number of halogens is 1. The predicted molar refractivity (Wildman–Crippen MR) is 147 cm³/mol. The van der Waals surface area contributed by atoms with Crippen LogP contribution in [0, 0.1) is 5.82 Å². The van der Waals surface area contributed by atoms with Gasteiger partial charge in [0.05, 0.1) is 29.7 Å². The number of nitrogens with zero attached hydrogens (tertiary/aromatic N) is 3. The first kappa shape index (κ1) is 27.2. The monoisotopic (exact) mass is 563 g/mol. The molecule has 5 rings (SSSR count). The molecule has 0 amide bonds. The normalized spacial score (nSPS) is 15.1. The fraction of sp³-hybridized carbons (Fsp3) is 0.214. The molecule has 1 aliphatic heterocycles. The quantitative estimate of drug-likeness (QED) is 0.261. The summed E-state index contributed by atoms with van der Waals surface area (Å²) >= 11 is 0. The lowest BCUT2D eigenvalue weighted by molar-refractivity contribution is -0.121. The molecule has 0 fully saturated rings. The highest BCUT2D eigenvalue weighted by Crippen LogP contribution is 2.31. The zero-order valence-corrected chi connectivity index (χ0v) is 22.3. The van der Waals surface area contributed by atoms with Gasteiger partial charge in [-0.05, 0) is 23.8 Å². The van der Waals surface area contributed by atoms with Crippen LogP contribution in [-0.4, -0.2) is 54.3 Å². The van der Waals surface area contributed by atoms with Crippen LogP contribution in [0.25, 0.3) is 10.9 Å². The molecule has 4 aromatic rings. The zero-order valence-electron chi connectivity index (χ0n) is 21.5. The summed E-state index contributed by atoms with van der Waals surface area (Å²) in [5.41, 5.74) is 2.25. The number of hydrogen-bond donors (Lipinski definition) is 2. The van der Waals surface area contributed by atoms with E-state index in [0.29, 0.717) is 33.9 Å². The molecular formula is C28H26FN5O5S. The maximum Gasteiger partial charge on any atom is 0.205 e. The Morgan fingerprint density at radius 2 is 1.90 bits per heavy atom. The average Bonchev–Trinajstić information content (AvgIpc) is 3.31. The molecule has 2 aromatic heterocycles. The Bertz CT molecular complexity index is 1680. The smallest absolute Gasteiger partial charge is 0.205 e. The number of anilines is 2. The van der Waals surface area contributed by atoms with Crippen molar-refractivity contribution in [1.82, 2.24) is 20.3 Å². The number of benzene rings is 2. The lowest BCUT2D eigenvalue weighted by atomic mass is 10.1. The third-order valence-corrected chi connectivity index (χ3v) is 6.97. The van der Waals surface area contributed by atoms with Crippen molar-refractivity contribution in [3.63, 3.8) is 0 Å². The Balaban J connectivity index is 1.28. The molecule has 0 saturated carbocycles. The van der Waals surface area contributed by atoms with Crippen molar-refractivity contribution in [1.29, 1.82) is 0 Å². The van der Waals surface area contributed by atoms with Gasteiger partial charge in [-0.25, -0.2) is 22.8 Å². The summed E-state index contributed by atoms with van der Waals surface area (Å²) in [7, 11) is -3.09. The lowest BCUT2D eigenvalue weighted by Crippen LogP contribution is -2.24. The van der Waals surface area contributed by atoms with Crippen LogP contribution in [0.15, 0.2) is 79.0 Å². The van der Waals surface area contributed by atoms with Gasteiger partial charge in [-0.2, -0.15) is 0 Å². The molecule has 0 bridgehead atoms. The Morgan fingerprint density at radius 1 is 1.07 bits per heavy atom. The van der Waals surface area contributed by atoms with Crippen LogP contribution in [0.4, 0.5) is 15.9 Å². The van der Waals surface area contributed by atoms with Gasteiger partial charge in [0.2, 0.25) is 11.9 Å². The summed E-state index contributed by atoms with van der Waals surface area (Å²) in [6.07, 6.45) is 4.44. The van der Waals surface area contributed by atoms with Crippen LogP contribution in [0.2, 0.25) is 0 Å². The first-order valence-corrected chi connectivity index (χ1v) is 14.4. The fourth-order valence-electron chi connectivity index (χ4n) is 4.03. The fourth-order valence-corrected chi connectivity index (χ4v) is 4.55. The number of aromatic nitrogens is 3. The molecule has 0 spiro atoms. The van der Waals surface area contributed by atoms with Gasteiger partial charge in [0.25, 0.3) is 0 Å². The number of carbonyl (C=O) groups is 1. The number of hydrogen-bond acceptors (Lipinski definition) is 10. The highest BCUT2D eigenvalue weighted by Gasteiger charge is 2.30. The van der Waals surface area contributed by atoms with Gasteiger partial charge in [0.1, 0.15) is 34.3 Å². The van der Waals surface area contributed by atoms with E-state index in [9.17, 15) is 17.6 Å². The van der Waals surface area contributed by atoms with Crippen LogP contribution in [0.3, 0.4) is 0 Å². The van der Waals surface area contributed by atoms with E-state index in [4.69, 9.17) is 9.47 Å². The van der Waals surface area contributed by atoms with Gasteiger partial charge in [-0.1, -0.05) is 30.3 Å². The molecule has 1 aliphatic rings. The second kappa shape index (κ2) is 11.8.